The number of carbonyl (C=O) groups is 1. The van der Waals surface area contributed by atoms with Gasteiger partial charge in [0.2, 0.25) is 11.1 Å². The minimum atomic E-state index is -0.117. The second-order valence-corrected chi connectivity index (χ2v) is 7.28. The summed E-state index contributed by atoms with van der Waals surface area (Å²) in [6.45, 7) is 2.08. The molecule has 0 unspecified atom stereocenters. The number of nitrogen functional groups attached to an aromatic ring is 1. The summed E-state index contributed by atoms with van der Waals surface area (Å²) in [5, 5.41) is 12.7. The number of hydrogen-bond donors (Lipinski definition) is 3. The van der Waals surface area contributed by atoms with Gasteiger partial charge >= 0.3 is 0 Å². The molecule has 2 aromatic carbocycles. The first-order valence-electron chi connectivity index (χ1n) is 8.94. The number of carbonyl (C=O) groups excluding carboxylic acids is 1. The number of nitrogens with two attached hydrogens (primary N) is 1. The number of aromatic nitrogens is 4. The van der Waals surface area contributed by atoms with Gasteiger partial charge < -0.3 is 16.1 Å². The Kier molecular flexibility index (Phi) is 5.03. The van der Waals surface area contributed by atoms with Crippen molar-refractivity contribution in [3.05, 3.63) is 60.2 Å². The van der Waals surface area contributed by atoms with Gasteiger partial charge in [-0.2, -0.15) is 0 Å². The Labute approximate surface area is 166 Å². The number of rotatable bonds is 6. The molecule has 142 valence electrons. The predicted octanol–water partition coefficient (Wildman–Crippen LogP) is 3.43. The minimum absolute atomic E-state index is 0.117. The Balaban J connectivity index is 1.43. The maximum absolute atomic E-state index is 12.3. The van der Waals surface area contributed by atoms with Gasteiger partial charge in [0, 0.05) is 16.6 Å². The number of anilines is 1. The molecule has 0 aliphatic heterocycles. The van der Waals surface area contributed by atoms with Crippen molar-refractivity contribution >= 4 is 34.3 Å². The van der Waals surface area contributed by atoms with Crippen LogP contribution in [0.2, 0.25) is 0 Å². The van der Waals surface area contributed by atoms with Crippen LogP contribution in [0.5, 0.6) is 0 Å². The molecule has 28 heavy (non-hydrogen) atoms. The molecule has 2 aromatic heterocycles. The molecule has 4 aromatic rings. The fourth-order valence-corrected chi connectivity index (χ4v) is 3.61. The van der Waals surface area contributed by atoms with Gasteiger partial charge in [-0.15, -0.1) is 10.2 Å². The fourth-order valence-electron chi connectivity index (χ4n) is 2.95. The summed E-state index contributed by atoms with van der Waals surface area (Å²) < 4.78 is 1.40. The Morgan fingerprint density at radius 3 is 2.86 bits per heavy atom. The van der Waals surface area contributed by atoms with E-state index in [0.29, 0.717) is 11.0 Å². The molecule has 0 aliphatic carbocycles. The molecule has 0 fully saturated rings. The SMILES string of the molecule is CCc1cccc(NC(=O)CSc2nnc(-c3cc4ccccc4[nH]3)n2N)c1. The number of nitrogens with zero attached hydrogens (tertiary/aromatic N) is 3. The summed E-state index contributed by atoms with van der Waals surface area (Å²) in [7, 11) is 0. The smallest absolute Gasteiger partial charge is 0.234 e. The highest BCUT2D eigenvalue weighted by atomic mass is 32.2. The molecule has 0 radical (unpaired) electrons. The highest BCUT2D eigenvalue weighted by Crippen LogP contribution is 2.25. The van der Waals surface area contributed by atoms with E-state index in [-0.39, 0.29) is 11.7 Å². The number of para-hydroxylation sites is 1. The van der Waals surface area contributed by atoms with Crippen molar-refractivity contribution in [2.45, 2.75) is 18.5 Å². The summed E-state index contributed by atoms with van der Waals surface area (Å²) in [5.41, 5.74) is 3.75. The van der Waals surface area contributed by atoms with Crippen LogP contribution < -0.4 is 11.2 Å². The Morgan fingerprint density at radius 1 is 1.18 bits per heavy atom. The second-order valence-electron chi connectivity index (χ2n) is 6.34. The largest absolute Gasteiger partial charge is 0.352 e. The third-order valence-electron chi connectivity index (χ3n) is 4.39. The Bertz CT molecular complexity index is 1100. The predicted molar refractivity (Wildman–Crippen MR) is 113 cm³/mol. The van der Waals surface area contributed by atoms with Crippen molar-refractivity contribution < 1.29 is 4.79 Å². The van der Waals surface area contributed by atoms with E-state index in [9.17, 15) is 4.79 Å². The molecule has 0 atom stereocenters. The normalized spacial score (nSPS) is 11.0. The average molecular weight is 392 g/mol. The van der Waals surface area contributed by atoms with Crippen LogP contribution in [-0.2, 0) is 11.2 Å². The number of fused-ring (bicyclic) bond motifs is 1. The van der Waals surface area contributed by atoms with Gasteiger partial charge in [0.15, 0.2) is 5.82 Å². The summed E-state index contributed by atoms with van der Waals surface area (Å²) in [4.78, 5) is 15.5. The lowest BCUT2D eigenvalue weighted by molar-refractivity contribution is -0.113. The number of thioether (sulfide) groups is 1. The van der Waals surface area contributed by atoms with E-state index in [1.807, 2.05) is 54.6 Å². The number of aryl methyl sites for hydroxylation is 1. The molecule has 8 heteroatoms. The second kappa shape index (κ2) is 7.77. The summed E-state index contributed by atoms with van der Waals surface area (Å²) in [5.74, 6) is 6.75. The number of nitrogens with one attached hydrogen (secondary N) is 2. The highest BCUT2D eigenvalue weighted by Gasteiger charge is 2.15. The Hall–Kier alpha value is -3.26. The lowest BCUT2D eigenvalue weighted by atomic mass is 10.1. The maximum atomic E-state index is 12.3. The van der Waals surface area contributed by atoms with Crippen LogP contribution in [0.4, 0.5) is 5.69 Å². The third-order valence-corrected chi connectivity index (χ3v) is 5.33. The van der Waals surface area contributed by atoms with E-state index >= 15 is 0 Å². The lowest BCUT2D eigenvalue weighted by Gasteiger charge is -2.06. The van der Waals surface area contributed by atoms with Crippen LogP contribution in [-0.4, -0.2) is 31.5 Å². The zero-order valence-corrected chi connectivity index (χ0v) is 16.2. The van der Waals surface area contributed by atoms with Crippen molar-refractivity contribution in [3.63, 3.8) is 0 Å². The number of amides is 1. The van der Waals surface area contributed by atoms with Crippen LogP contribution >= 0.6 is 11.8 Å². The van der Waals surface area contributed by atoms with E-state index in [2.05, 4.69) is 27.4 Å². The van der Waals surface area contributed by atoms with Gasteiger partial charge in [0.1, 0.15) is 0 Å². The number of H-pyrrole nitrogens is 1. The van der Waals surface area contributed by atoms with Crippen LogP contribution in [0.3, 0.4) is 0 Å². The van der Waals surface area contributed by atoms with Crippen LogP contribution in [0.1, 0.15) is 12.5 Å². The average Bonchev–Trinajstić information content (AvgIpc) is 3.29. The van der Waals surface area contributed by atoms with E-state index in [4.69, 9.17) is 5.84 Å². The molecule has 4 N–H and O–H groups in total. The molecule has 0 spiro atoms. The van der Waals surface area contributed by atoms with Gasteiger partial charge in [-0.3, -0.25) is 4.79 Å². The van der Waals surface area contributed by atoms with Gasteiger partial charge in [-0.1, -0.05) is 49.0 Å². The maximum Gasteiger partial charge on any atom is 0.234 e. The van der Waals surface area contributed by atoms with E-state index in [1.54, 1.807) is 0 Å². The van der Waals surface area contributed by atoms with Crippen molar-refractivity contribution in [1.29, 1.82) is 0 Å². The molecule has 0 saturated heterocycles. The van der Waals surface area contributed by atoms with Crippen molar-refractivity contribution in [3.8, 4) is 11.5 Å². The standard InChI is InChI=1S/C20H20N6OS/c1-2-13-6-5-8-15(10-13)22-18(27)12-28-20-25-24-19(26(20)21)17-11-14-7-3-4-9-16(14)23-17/h3-11,23H,2,12,21H2,1H3,(H,22,27). The fraction of sp³-hybridized carbons (Fsp3) is 0.150. The first-order chi connectivity index (χ1) is 13.6. The van der Waals surface area contributed by atoms with Crippen molar-refractivity contribution in [2.75, 3.05) is 16.9 Å². The monoisotopic (exact) mass is 392 g/mol. The zero-order valence-electron chi connectivity index (χ0n) is 15.3. The molecule has 1 amide bonds. The van der Waals surface area contributed by atoms with Gasteiger partial charge in [-0.25, -0.2) is 4.68 Å². The molecular formula is C20H20N6OS. The lowest BCUT2D eigenvalue weighted by Crippen LogP contribution is -2.16. The molecule has 7 nitrogen and oxygen atoms in total. The van der Waals surface area contributed by atoms with Crippen LogP contribution in [0.15, 0.2) is 59.8 Å². The zero-order chi connectivity index (χ0) is 19.5. The summed E-state index contributed by atoms with van der Waals surface area (Å²) >= 11 is 1.25. The number of aromatic amines is 1. The van der Waals surface area contributed by atoms with Crippen molar-refractivity contribution in [2.24, 2.45) is 0 Å². The Morgan fingerprint density at radius 2 is 2.04 bits per heavy atom. The van der Waals surface area contributed by atoms with E-state index < -0.39 is 0 Å². The number of hydrogen-bond acceptors (Lipinski definition) is 5. The van der Waals surface area contributed by atoms with Gasteiger partial charge in [0.25, 0.3) is 0 Å². The first-order valence-corrected chi connectivity index (χ1v) is 9.93. The van der Waals surface area contributed by atoms with Gasteiger partial charge in [-0.05, 0) is 36.2 Å². The molecule has 0 saturated carbocycles. The van der Waals surface area contributed by atoms with E-state index in [0.717, 1.165) is 28.7 Å². The minimum Gasteiger partial charge on any atom is -0.352 e. The molecule has 4 rings (SSSR count). The van der Waals surface area contributed by atoms with Crippen LogP contribution in [0, 0.1) is 0 Å². The summed E-state index contributed by atoms with van der Waals surface area (Å²) in [6.07, 6.45) is 0.922. The van der Waals surface area contributed by atoms with Crippen molar-refractivity contribution in [1.82, 2.24) is 19.9 Å². The van der Waals surface area contributed by atoms with Gasteiger partial charge in [0.05, 0.1) is 11.4 Å². The molecule has 0 aliphatic rings. The third kappa shape index (κ3) is 3.72. The summed E-state index contributed by atoms with van der Waals surface area (Å²) in [6, 6.07) is 17.7. The molecular weight excluding hydrogens is 372 g/mol. The first kappa shape index (κ1) is 18.1. The number of benzene rings is 2. The molecule has 0 bridgehead atoms. The topological polar surface area (TPSA) is 102 Å². The van der Waals surface area contributed by atoms with E-state index in [1.165, 1.54) is 22.0 Å². The highest BCUT2D eigenvalue weighted by molar-refractivity contribution is 7.99. The molecule has 2 heterocycles. The van der Waals surface area contributed by atoms with Crippen LogP contribution in [0.25, 0.3) is 22.4 Å². The quantitative estimate of drug-likeness (QED) is 0.345.